The molecule has 0 spiro atoms. The number of hydrogen-bond donors (Lipinski definition) is 1. The number of rotatable bonds is 12. The molecule has 1 unspecified atom stereocenters. The summed E-state index contributed by atoms with van der Waals surface area (Å²) < 4.78 is 26.5. The summed E-state index contributed by atoms with van der Waals surface area (Å²) >= 11 is 6.02. The Bertz CT molecular complexity index is 1150. The maximum absolute atomic E-state index is 13.4. The van der Waals surface area contributed by atoms with Crippen LogP contribution in [0.1, 0.15) is 56.7 Å². The van der Waals surface area contributed by atoms with Gasteiger partial charge in [0.15, 0.2) is 0 Å². The monoisotopic (exact) mass is 535 g/mol. The predicted molar refractivity (Wildman–Crippen MR) is 147 cm³/mol. The largest absolute Gasteiger partial charge is 0.352 e. The third kappa shape index (κ3) is 8.23. The van der Waals surface area contributed by atoms with Gasteiger partial charge in [-0.25, -0.2) is 8.42 Å². The van der Waals surface area contributed by atoms with E-state index in [0.717, 1.165) is 16.7 Å². The lowest BCUT2D eigenvalue weighted by molar-refractivity contribution is -0.141. The number of amides is 2. The van der Waals surface area contributed by atoms with E-state index in [9.17, 15) is 18.0 Å². The SMILES string of the molecule is CCC(C(=O)NC(C)C)N(Cc1ccc(Cl)cc1)C(=O)CCCN(c1cccc(C)c1C)S(C)(=O)=O. The number of aryl methyl sites for hydroxylation is 1. The lowest BCUT2D eigenvalue weighted by Gasteiger charge is -2.31. The molecule has 2 rings (SSSR count). The molecule has 0 aliphatic rings. The van der Waals surface area contributed by atoms with Crippen molar-refractivity contribution in [2.45, 2.75) is 72.5 Å². The summed E-state index contributed by atoms with van der Waals surface area (Å²) in [6, 6.07) is 12.0. The van der Waals surface area contributed by atoms with Gasteiger partial charge < -0.3 is 10.2 Å². The molecule has 7 nitrogen and oxygen atoms in total. The quantitative estimate of drug-likeness (QED) is 0.421. The van der Waals surface area contributed by atoms with Crippen molar-refractivity contribution in [2.24, 2.45) is 0 Å². The molecule has 0 heterocycles. The van der Waals surface area contributed by atoms with Gasteiger partial charge in [0.1, 0.15) is 6.04 Å². The van der Waals surface area contributed by atoms with E-state index in [4.69, 9.17) is 11.6 Å². The van der Waals surface area contributed by atoms with Crippen LogP contribution in [0.3, 0.4) is 0 Å². The Morgan fingerprint density at radius 2 is 1.69 bits per heavy atom. The molecule has 1 atom stereocenters. The molecule has 0 aliphatic carbocycles. The second-order valence-corrected chi connectivity index (χ2v) is 11.7. The van der Waals surface area contributed by atoms with Crippen LogP contribution in [0.2, 0.25) is 5.02 Å². The van der Waals surface area contributed by atoms with Crippen LogP contribution in [-0.2, 0) is 26.2 Å². The number of benzene rings is 2. The van der Waals surface area contributed by atoms with Gasteiger partial charge in [-0.2, -0.15) is 0 Å². The topological polar surface area (TPSA) is 86.8 Å². The van der Waals surface area contributed by atoms with Crippen LogP contribution < -0.4 is 9.62 Å². The molecule has 0 saturated heterocycles. The highest BCUT2D eigenvalue weighted by atomic mass is 35.5. The zero-order valence-corrected chi connectivity index (χ0v) is 23.6. The van der Waals surface area contributed by atoms with Crippen molar-refractivity contribution < 1.29 is 18.0 Å². The fraction of sp³-hybridized carbons (Fsp3) is 0.481. The molecule has 0 bridgehead atoms. The third-order valence-electron chi connectivity index (χ3n) is 6.08. The van der Waals surface area contributed by atoms with Crippen molar-refractivity contribution in [3.63, 3.8) is 0 Å². The number of hydrogen-bond acceptors (Lipinski definition) is 4. The van der Waals surface area contributed by atoms with Gasteiger partial charge in [0.05, 0.1) is 11.9 Å². The number of nitrogens with zero attached hydrogens (tertiary/aromatic N) is 2. The Hall–Kier alpha value is -2.58. The molecule has 1 N–H and O–H groups in total. The fourth-order valence-electron chi connectivity index (χ4n) is 4.07. The van der Waals surface area contributed by atoms with Crippen LogP contribution in [0.15, 0.2) is 42.5 Å². The molecule has 0 radical (unpaired) electrons. The van der Waals surface area contributed by atoms with E-state index in [1.165, 1.54) is 10.6 Å². The van der Waals surface area contributed by atoms with Gasteiger partial charge in [-0.15, -0.1) is 0 Å². The van der Waals surface area contributed by atoms with E-state index in [1.54, 1.807) is 23.1 Å². The summed E-state index contributed by atoms with van der Waals surface area (Å²) in [5, 5.41) is 3.50. The summed E-state index contributed by atoms with van der Waals surface area (Å²) in [6.45, 7) is 9.88. The average molecular weight is 536 g/mol. The third-order valence-corrected chi connectivity index (χ3v) is 7.51. The highest BCUT2D eigenvalue weighted by Gasteiger charge is 2.29. The maximum atomic E-state index is 13.4. The van der Waals surface area contributed by atoms with Gasteiger partial charge in [0, 0.05) is 30.6 Å². The molecule has 2 aromatic carbocycles. The van der Waals surface area contributed by atoms with Crippen molar-refractivity contribution >= 4 is 39.1 Å². The molecule has 2 aromatic rings. The Morgan fingerprint density at radius 3 is 2.25 bits per heavy atom. The summed E-state index contributed by atoms with van der Waals surface area (Å²) in [5.41, 5.74) is 3.35. The van der Waals surface area contributed by atoms with E-state index in [2.05, 4.69) is 5.32 Å². The molecule has 0 aromatic heterocycles. The first-order valence-corrected chi connectivity index (χ1v) is 14.5. The summed E-state index contributed by atoms with van der Waals surface area (Å²) in [7, 11) is -3.54. The van der Waals surface area contributed by atoms with Crippen molar-refractivity contribution in [1.82, 2.24) is 10.2 Å². The van der Waals surface area contributed by atoms with E-state index in [0.29, 0.717) is 23.6 Å². The standard InChI is InChI=1S/C27H38ClN3O4S/c1-7-24(27(33)29-19(2)3)30(18-22-13-15-23(28)16-14-22)26(32)12-9-17-31(36(6,34)35)25-11-8-10-20(4)21(25)5/h8,10-11,13-16,19,24H,7,9,12,17-18H2,1-6H3,(H,29,33). The van der Waals surface area contributed by atoms with Crippen molar-refractivity contribution in [1.29, 1.82) is 0 Å². The maximum Gasteiger partial charge on any atom is 0.243 e. The van der Waals surface area contributed by atoms with Crippen molar-refractivity contribution in [3.05, 3.63) is 64.2 Å². The Morgan fingerprint density at radius 1 is 1.06 bits per heavy atom. The zero-order valence-electron chi connectivity index (χ0n) is 22.0. The van der Waals surface area contributed by atoms with Gasteiger partial charge in [0.2, 0.25) is 21.8 Å². The first kappa shape index (κ1) is 29.6. The minimum atomic E-state index is -3.54. The predicted octanol–water partition coefficient (Wildman–Crippen LogP) is 4.84. The van der Waals surface area contributed by atoms with E-state index in [1.807, 2.05) is 58.9 Å². The number of sulfonamides is 1. The molecule has 2 amide bonds. The Kier molecular flexibility index (Phi) is 10.8. The summed E-state index contributed by atoms with van der Waals surface area (Å²) in [4.78, 5) is 28.0. The lowest BCUT2D eigenvalue weighted by atomic mass is 10.1. The summed E-state index contributed by atoms with van der Waals surface area (Å²) in [6.07, 6.45) is 2.05. The van der Waals surface area contributed by atoms with Crippen LogP contribution >= 0.6 is 11.6 Å². The van der Waals surface area contributed by atoms with Crippen molar-refractivity contribution in [3.8, 4) is 0 Å². The number of anilines is 1. The first-order valence-electron chi connectivity index (χ1n) is 12.2. The number of nitrogens with one attached hydrogen (secondary N) is 1. The van der Waals surface area contributed by atoms with Gasteiger partial charge in [-0.3, -0.25) is 13.9 Å². The normalized spacial score (nSPS) is 12.3. The average Bonchev–Trinajstić information content (AvgIpc) is 2.78. The molecule has 36 heavy (non-hydrogen) atoms. The highest BCUT2D eigenvalue weighted by Crippen LogP contribution is 2.25. The first-order chi connectivity index (χ1) is 16.8. The van der Waals surface area contributed by atoms with Gasteiger partial charge in [0.25, 0.3) is 0 Å². The number of carbonyl (C=O) groups excluding carboxylic acids is 2. The van der Waals surface area contributed by atoms with E-state index in [-0.39, 0.29) is 37.4 Å². The minimum absolute atomic E-state index is 0.0556. The Labute approximate surface area is 220 Å². The number of halogens is 1. The molecule has 0 fully saturated rings. The molecule has 9 heteroatoms. The molecule has 0 saturated carbocycles. The van der Waals surface area contributed by atoms with Gasteiger partial charge in [-0.1, -0.05) is 42.8 Å². The van der Waals surface area contributed by atoms with E-state index < -0.39 is 16.1 Å². The molecular weight excluding hydrogens is 498 g/mol. The zero-order chi connectivity index (χ0) is 27.0. The lowest BCUT2D eigenvalue weighted by Crippen LogP contribution is -2.50. The van der Waals surface area contributed by atoms with Crippen LogP contribution in [0.5, 0.6) is 0 Å². The van der Waals surface area contributed by atoms with Crippen LogP contribution in [0.4, 0.5) is 5.69 Å². The molecular formula is C27H38ClN3O4S. The highest BCUT2D eigenvalue weighted by molar-refractivity contribution is 7.92. The van der Waals surface area contributed by atoms with Crippen LogP contribution in [0, 0.1) is 13.8 Å². The second kappa shape index (κ2) is 13.1. The van der Waals surface area contributed by atoms with Gasteiger partial charge in [-0.05, 0) is 75.4 Å². The molecule has 198 valence electrons. The van der Waals surface area contributed by atoms with Crippen LogP contribution in [0.25, 0.3) is 0 Å². The number of carbonyl (C=O) groups is 2. The molecule has 0 aliphatic heterocycles. The second-order valence-electron chi connectivity index (χ2n) is 9.39. The minimum Gasteiger partial charge on any atom is -0.352 e. The fourth-order valence-corrected chi connectivity index (χ4v) is 5.22. The smallest absolute Gasteiger partial charge is 0.243 e. The van der Waals surface area contributed by atoms with Crippen LogP contribution in [-0.4, -0.2) is 50.0 Å². The van der Waals surface area contributed by atoms with Crippen molar-refractivity contribution in [2.75, 3.05) is 17.1 Å². The Balaban J connectivity index is 2.24. The van der Waals surface area contributed by atoms with E-state index >= 15 is 0 Å². The summed E-state index contributed by atoms with van der Waals surface area (Å²) in [5.74, 6) is -0.409. The van der Waals surface area contributed by atoms with Gasteiger partial charge >= 0.3 is 0 Å².